The maximum atomic E-state index is 11.7. The van der Waals surface area contributed by atoms with Gasteiger partial charge in [-0.15, -0.1) is 6.42 Å². The van der Waals surface area contributed by atoms with E-state index >= 15 is 0 Å². The number of benzene rings is 1. The van der Waals surface area contributed by atoms with Gasteiger partial charge in [0.05, 0.1) is 17.4 Å². The van der Waals surface area contributed by atoms with Gasteiger partial charge < -0.3 is 10.3 Å². The quantitative estimate of drug-likeness (QED) is 0.606. The van der Waals surface area contributed by atoms with Crippen molar-refractivity contribution in [2.45, 2.75) is 13.5 Å². The molecule has 1 aromatic heterocycles. The van der Waals surface area contributed by atoms with Gasteiger partial charge >= 0.3 is 0 Å². The summed E-state index contributed by atoms with van der Waals surface area (Å²) in [5.41, 5.74) is 1.63. The monoisotopic (exact) mass is 227 g/mol. The van der Waals surface area contributed by atoms with Gasteiger partial charge in [0.25, 0.3) is 5.56 Å². The summed E-state index contributed by atoms with van der Waals surface area (Å²) >= 11 is 0. The number of aromatic amines is 1. The summed E-state index contributed by atoms with van der Waals surface area (Å²) in [4.78, 5) is 18.7. The minimum absolute atomic E-state index is 0.105. The van der Waals surface area contributed by atoms with Gasteiger partial charge in [-0.05, 0) is 24.6 Å². The minimum atomic E-state index is -0.105. The SMILES string of the molecule is C#CCNCc1ccc2nc(C)[nH]c(=O)c2c1. The zero-order valence-corrected chi connectivity index (χ0v) is 9.58. The average molecular weight is 227 g/mol. The molecule has 2 N–H and O–H groups in total. The van der Waals surface area contributed by atoms with E-state index in [9.17, 15) is 4.79 Å². The van der Waals surface area contributed by atoms with Crippen LogP contribution in [0.3, 0.4) is 0 Å². The minimum Gasteiger partial charge on any atom is -0.310 e. The summed E-state index contributed by atoms with van der Waals surface area (Å²) in [6.07, 6.45) is 5.15. The first-order valence-corrected chi connectivity index (χ1v) is 5.34. The highest BCUT2D eigenvalue weighted by molar-refractivity contribution is 5.78. The molecule has 2 rings (SSSR count). The van der Waals surface area contributed by atoms with Gasteiger partial charge in [-0.2, -0.15) is 0 Å². The standard InChI is InChI=1S/C13H13N3O/c1-3-6-14-8-10-4-5-12-11(7-10)13(17)16-9(2)15-12/h1,4-5,7,14H,6,8H2,2H3,(H,15,16,17). The predicted octanol–water partition coefficient (Wildman–Crippen LogP) is 0.954. The lowest BCUT2D eigenvalue weighted by Crippen LogP contribution is -2.14. The highest BCUT2D eigenvalue weighted by Gasteiger charge is 2.02. The van der Waals surface area contributed by atoms with E-state index in [-0.39, 0.29) is 5.56 Å². The van der Waals surface area contributed by atoms with Gasteiger partial charge in [-0.3, -0.25) is 4.79 Å². The topological polar surface area (TPSA) is 57.8 Å². The molecule has 0 aliphatic rings. The molecule has 0 radical (unpaired) electrons. The zero-order valence-electron chi connectivity index (χ0n) is 9.58. The number of H-pyrrole nitrogens is 1. The number of rotatable bonds is 3. The molecule has 4 heteroatoms. The lowest BCUT2D eigenvalue weighted by atomic mass is 10.1. The van der Waals surface area contributed by atoms with E-state index in [4.69, 9.17) is 6.42 Å². The molecule has 0 bridgehead atoms. The largest absolute Gasteiger partial charge is 0.310 e. The average Bonchev–Trinajstić information content (AvgIpc) is 2.30. The first kappa shape index (κ1) is 11.4. The van der Waals surface area contributed by atoms with Crippen LogP contribution in [0.2, 0.25) is 0 Å². The molecule has 0 saturated carbocycles. The highest BCUT2D eigenvalue weighted by Crippen LogP contribution is 2.09. The van der Waals surface area contributed by atoms with Crippen molar-refractivity contribution < 1.29 is 0 Å². The van der Waals surface area contributed by atoms with Crippen molar-refractivity contribution >= 4 is 10.9 Å². The third kappa shape index (κ3) is 2.52. The Bertz CT molecular complexity index is 637. The number of fused-ring (bicyclic) bond motifs is 1. The number of nitrogens with zero attached hydrogens (tertiary/aromatic N) is 1. The molecule has 1 heterocycles. The van der Waals surface area contributed by atoms with Gasteiger partial charge in [-0.25, -0.2) is 4.98 Å². The molecule has 0 saturated heterocycles. The van der Waals surface area contributed by atoms with Gasteiger partial charge in [-0.1, -0.05) is 12.0 Å². The molecule has 86 valence electrons. The third-order valence-electron chi connectivity index (χ3n) is 2.44. The summed E-state index contributed by atoms with van der Waals surface area (Å²) in [7, 11) is 0. The van der Waals surface area contributed by atoms with Crippen molar-refractivity contribution in [3.05, 3.63) is 39.9 Å². The second-order valence-corrected chi connectivity index (χ2v) is 3.81. The van der Waals surface area contributed by atoms with Gasteiger partial charge in [0.15, 0.2) is 0 Å². The van der Waals surface area contributed by atoms with Crippen LogP contribution in [0.15, 0.2) is 23.0 Å². The first-order valence-electron chi connectivity index (χ1n) is 5.34. The number of hydrogen-bond donors (Lipinski definition) is 2. The lowest BCUT2D eigenvalue weighted by Gasteiger charge is -2.03. The van der Waals surface area contributed by atoms with Crippen LogP contribution < -0.4 is 10.9 Å². The molecule has 0 aliphatic heterocycles. The molecule has 0 aliphatic carbocycles. The van der Waals surface area contributed by atoms with Crippen LogP contribution in [0.25, 0.3) is 10.9 Å². The molecule has 0 unspecified atom stereocenters. The Balaban J connectivity index is 2.37. The van der Waals surface area contributed by atoms with Crippen LogP contribution in [0, 0.1) is 19.3 Å². The van der Waals surface area contributed by atoms with Crippen LogP contribution >= 0.6 is 0 Å². The molecular formula is C13H13N3O. The maximum Gasteiger partial charge on any atom is 0.258 e. The van der Waals surface area contributed by atoms with Crippen LogP contribution in [-0.2, 0) is 6.54 Å². The number of terminal acetylenes is 1. The number of aryl methyl sites for hydroxylation is 1. The maximum absolute atomic E-state index is 11.7. The fourth-order valence-electron chi connectivity index (χ4n) is 1.69. The Kier molecular flexibility index (Phi) is 3.22. The molecule has 0 fully saturated rings. The van der Waals surface area contributed by atoms with E-state index in [1.807, 2.05) is 18.2 Å². The molecular weight excluding hydrogens is 214 g/mol. The second-order valence-electron chi connectivity index (χ2n) is 3.81. The van der Waals surface area contributed by atoms with E-state index in [2.05, 4.69) is 21.2 Å². The molecule has 17 heavy (non-hydrogen) atoms. The molecule has 0 atom stereocenters. The fourth-order valence-corrected chi connectivity index (χ4v) is 1.69. The number of nitrogens with one attached hydrogen (secondary N) is 2. The van der Waals surface area contributed by atoms with Crippen LogP contribution in [0.5, 0.6) is 0 Å². The molecule has 4 nitrogen and oxygen atoms in total. The van der Waals surface area contributed by atoms with E-state index in [1.165, 1.54) is 0 Å². The summed E-state index contributed by atoms with van der Waals surface area (Å²) in [6.45, 7) is 2.93. The molecule has 1 aromatic carbocycles. The van der Waals surface area contributed by atoms with Crippen LogP contribution in [-0.4, -0.2) is 16.5 Å². The Labute approximate surface area is 99.1 Å². The van der Waals surface area contributed by atoms with Crippen molar-refractivity contribution in [1.82, 2.24) is 15.3 Å². The second kappa shape index (κ2) is 4.81. The van der Waals surface area contributed by atoms with Crippen molar-refractivity contribution in [1.29, 1.82) is 0 Å². The highest BCUT2D eigenvalue weighted by atomic mass is 16.1. The molecule has 0 amide bonds. The summed E-state index contributed by atoms with van der Waals surface area (Å²) in [6, 6.07) is 5.63. The van der Waals surface area contributed by atoms with E-state index < -0.39 is 0 Å². The molecule has 0 spiro atoms. The van der Waals surface area contributed by atoms with Crippen molar-refractivity contribution in [2.24, 2.45) is 0 Å². The smallest absolute Gasteiger partial charge is 0.258 e. The fraction of sp³-hybridized carbons (Fsp3) is 0.231. The van der Waals surface area contributed by atoms with Crippen LogP contribution in [0.4, 0.5) is 0 Å². The number of aromatic nitrogens is 2. The summed E-state index contributed by atoms with van der Waals surface area (Å²) < 4.78 is 0. The van der Waals surface area contributed by atoms with Gasteiger partial charge in [0, 0.05) is 6.54 Å². The Morgan fingerprint density at radius 3 is 3.12 bits per heavy atom. The zero-order chi connectivity index (χ0) is 12.3. The Hall–Kier alpha value is -2.12. The van der Waals surface area contributed by atoms with Crippen molar-refractivity contribution in [3.63, 3.8) is 0 Å². The van der Waals surface area contributed by atoms with E-state index in [0.29, 0.717) is 29.8 Å². The van der Waals surface area contributed by atoms with E-state index in [0.717, 1.165) is 5.56 Å². The van der Waals surface area contributed by atoms with Crippen molar-refractivity contribution in [2.75, 3.05) is 6.54 Å². The van der Waals surface area contributed by atoms with Gasteiger partial charge in [0.1, 0.15) is 5.82 Å². The summed E-state index contributed by atoms with van der Waals surface area (Å²) in [5.74, 6) is 3.13. The normalized spacial score (nSPS) is 10.4. The van der Waals surface area contributed by atoms with Gasteiger partial charge in [0.2, 0.25) is 0 Å². The third-order valence-corrected chi connectivity index (χ3v) is 2.44. The Morgan fingerprint density at radius 1 is 1.53 bits per heavy atom. The first-order chi connectivity index (χ1) is 8.20. The molecule has 2 aromatic rings. The Morgan fingerprint density at radius 2 is 2.35 bits per heavy atom. The van der Waals surface area contributed by atoms with Crippen molar-refractivity contribution in [3.8, 4) is 12.3 Å². The predicted molar refractivity (Wildman–Crippen MR) is 67.6 cm³/mol. The lowest BCUT2D eigenvalue weighted by molar-refractivity contribution is 0.771. The van der Waals surface area contributed by atoms with Crippen LogP contribution in [0.1, 0.15) is 11.4 Å². The summed E-state index contributed by atoms with van der Waals surface area (Å²) in [5, 5.41) is 3.69. The number of hydrogen-bond acceptors (Lipinski definition) is 3. The van der Waals surface area contributed by atoms with E-state index in [1.54, 1.807) is 6.92 Å².